The zero-order valence-corrected chi connectivity index (χ0v) is 27.9. The molecule has 0 N–H and O–H groups in total. The predicted octanol–water partition coefficient (Wildman–Crippen LogP) is 12.2. The molecule has 11 aromatic rings. The minimum absolute atomic E-state index is 0.601. The number of aromatic nitrogens is 4. The third-order valence-corrected chi connectivity index (χ3v) is 10.2. The number of fused-ring (bicyclic) bond motifs is 10. The lowest BCUT2D eigenvalue weighted by atomic mass is 9.98. The van der Waals surface area contributed by atoms with Crippen LogP contribution < -0.4 is 0 Å². The Hall–Kier alpha value is -7.11. The molecule has 3 heterocycles. The van der Waals surface area contributed by atoms with Gasteiger partial charge in [-0.3, -0.25) is 0 Å². The van der Waals surface area contributed by atoms with Gasteiger partial charge < -0.3 is 8.98 Å². The molecule has 8 aromatic carbocycles. The molecule has 0 atom stereocenters. The van der Waals surface area contributed by atoms with E-state index in [4.69, 9.17) is 19.4 Å². The second-order valence-electron chi connectivity index (χ2n) is 13.2. The van der Waals surface area contributed by atoms with Crippen molar-refractivity contribution >= 4 is 65.3 Å². The summed E-state index contributed by atoms with van der Waals surface area (Å²) in [5.41, 5.74) is 7.79. The highest BCUT2D eigenvalue weighted by Gasteiger charge is 2.20. The molecule has 52 heavy (non-hydrogen) atoms. The fourth-order valence-corrected chi connectivity index (χ4v) is 7.88. The van der Waals surface area contributed by atoms with E-state index < -0.39 is 0 Å². The number of benzene rings is 8. The first-order chi connectivity index (χ1) is 25.8. The molecule has 0 bridgehead atoms. The van der Waals surface area contributed by atoms with Crippen LogP contribution in [0.4, 0.5) is 0 Å². The van der Waals surface area contributed by atoms with Crippen LogP contribution in [0.5, 0.6) is 0 Å². The van der Waals surface area contributed by atoms with Gasteiger partial charge in [-0.05, 0) is 40.4 Å². The highest BCUT2D eigenvalue weighted by molar-refractivity contribution is 6.22. The summed E-state index contributed by atoms with van der Waals surface area (Å²) in [6, 6.07) is 59.1. The quantitative estimate of drug-likeness (QED) is 0.188. The monoisotopic (exact) mass is 664 g/mol. The molecule has 0 aliphatic heterocycles. The van der Waals surface area contributed by atoms with Crippen molar-refractivity contribution in [2.45, 2.75) is 0 Å². The number of rotatable bonds is 4. The van der Waals surface area contributed by atoms with Crippen LogP contribution in [0.3, 0.4) is 0 Å². The van der Waals surface area contributed by atoms with Gasteiger partial charge in [0.2, 0.25) is 0 Å². The molecule has 0 aliphatic carbocycles. The van der Waals surface area contributed by atoms with Gasteiger partial charge in [0.05, 0.1) is 11.0 Å². The summed E-state index contributed by atoms with van der Waals surface area (Å²) >= 11 is 0. The summed E-state index contributed by atoms with van der Waals surface area (Å²) in [6.07, 6.45) is 0. The summed E-state index contributed by atoms with van der Waals surface area (Å²) in [5, 5.41) is 9.19. The molecule has 0 amide bonds. The van der Waals surface area contributed by atoms with Crippen molar-refractivity contribution in [3.8, 4) is 39.9 Å². The summed E-state index contributed by atoms with van der Waals surface area (Å²) in [4.78, 5) is 15.1. The van der Waals surface area contributed by atoms with Gasteiger partial charge in [-0.2, -0.15) is 0 Å². The fraction of sp³-hybridized carbons (Fsp3) is 0. The van der Waals surface area contributed by atoms with Crippen LogP contribution >= 0.6 is 0 Å². The largest absolute Gasteiger partial charge is 0.456 e. The Bertz CT molecular complexity index is 3120. The molecule has 5 heteroatoms. The zero-order chi connectivity index (χ0) is 34.2. The highest BCUT2D eigenvalue weighted by atomic mass is 16.3. The molecule has 0 saturated carbocycles. The molecule has 0 aliphatic rings. The molecule has 5 nitrogen and oxygen atoms in total. The van der Waals surface area contributed by atoms with Gasteiger partial charge in [-0.25, -0.2) is 15.0 Å². The Morgan fingerprint density at radius 2 is 1.00 bits per heavy atom. The molecular weight excluding hydrogens is 637 g/mol. The van der Waals surface area contributed by atoms with E-state index in [2.05, 4.69) is 114 Å². The molecule has 3 aromatic heterocycles. The van der Waals surface area contributed by atoms with Crippen molar-refractivity contribution in [3.05, 3.63) is 170 Å². The van der Waals surface area contributed by atoms with E-state index in [0.717, 1.165) is 60.6 Å². The van der Waals surface area contributed by atoms with Crippen LogP contribution in [0.15, 0.2) is 174 Å². The molecule has 0 saturated heterocycles. The molecule has 0 unspecified atom stereocenters. The number of para-hydroxylation sites is 1. The lowest BCUT2D eigenvalue weighted by Crippen LogP contribution is -2.00. The van der Waals surface area contributed by atoms with E-state index >= 15 is 0 Å². The second-order valence-corrected chi connectivity index (χ2v) is 13.2. The van der Waals surface area contributed by atoms with Gasteiger partial charge in [-0.15, -0.1) is 0 Å². The minimum Gasteiger partial charge on any atom is -0.456 e. The van der Waals surface area contributed by atoms with E-state index in [1.54, 1.807) is 0 Å². The normalized spacial score (nSPS) is 11.8. The maximum atomic E-state index is 6.82. The number of furan rings is 1. The average Bonchev–Trinajstić information content (AvgIpc) is 3.77. The lowest BCUT2D eigenvalue weighted by Gasteiger charge is -2.11. The van der Waals surface area contributed by atoms with E-state index in [1.807, 2.05) is 60.7 Å². The molecule has 0 spiro atoms. The molecule has 242 valence electrons. The minimum atomic E-state index is 0.601. The third kappa shape index (κ3) is 4.33. The van der Waals surface area contributed by atoms with E-state index in [9.17, 15) is 0 Å². The van der Waals surface area contributed by atoms with Crippen molar-refractivity contribution in [3.63, 3.8) is 0 Å². The Morgan fingerprint density at radius 3 is 1.75 bits per heavy atom. The van der Waals surface area contributed by atoms with Gasteiger partial charge in [-0.1, -0.05) is 140 Å². The molecule has 0 fully saturated rings. The first kappa shape index (κ1) is 28.7. The van der Waals surface area contributed by atoms with Crippen LogP contribution in [0.2, 0.25) is 0 Å². The first-order valence-electron chi connectivity index (χ1n) is 17.5. The van der Waals surface area contributed by atoms with Crippen molar-refractivity contribution < 1.29 is 4.42 Å². The lowest BCUT2D eigenvalue weighted by molar-refractivity contribution is 0.669. The SMILES string of the molecule is c1ccc(-c2nc(-c3ccccc3)nc(-c3cc4oc5cc(-n6c7ccccc7c7ccc8ccccc8c76)ccc5c4c4ccccc34)n2)cc1. The maximum absolute atomic E-state index is 6.82. The highest BCUT2D eigenvalue weighted by Crippen LogP contribution is 2.42. The van der Waals surface area contributed by atoms with Crippen molar-refractivity contribution in [1.82, 2.24) is 19.5 Å². The van der Waals surface area contributed by atoms with Gasteiger partial charge in [0.25, 0.3) is 0 Å². The Morgan fingerprint density at radius 1 is 0.404 bits per heavy atom. The maximum Gasteiger partial charge on any atom is 0.164 e. The first-order valence-corrected chi connectivity index (χ1v) is 17.5. The molecular formula is C47H28N4O. The predicted molar refractivity (Wildman–Crippen MR) is 213 cm³/mol. The van der Waals surface area contributed by atoms with Crippen molar-refractivity contribution in [2.24, 2.45) is 0 Å². The Balaban J connectivity index is 1.16. The third-order valence-electron chi connectivity index (χ3n) is 10.2. The van der Waals surface area contributed by atoms with E-state index in [0.29, 0.717) is 17.5 Å². The zero-order valence-electron chi connectivity index (χ0n) is 27.9. The molecule has 0 radical (unpaired) electrons. The summed E-state index contributed by atoms with van der Waals surface area (Å²) < 4.78 is 9.20. The van der Waals surface area contributed by atoms with Crippen molar-refractivity contribution in [1.29, 1.82) is 0 Å². The van der Waals surface area contributed by atoms with Crippen molar-refractivity contribution in [2.75, 3.05) is 0 Å². The number of hydrogen-bond acceptors (Lipinski definition) is 4. The number of nitrogens with zero attached hydrogens (tertiary/aromatic N) is 4. The van der Waals surface area contributed by atoms with E-state index in [1.165, 1.54) is 27.1 Å². The van der Waals surface area contributed by atoms with Crippen LogP contribution in [-0.2, 0) is 0 Å². The second kappa shape index (κ2) is 11.2. The fourth-order valence-electron chi connectivity index (χ4n) is 7.88. The van der Waals surface area contributed by atoms with Crippen LogP contribution in [-0.4, -0.2) is 19.5 Å². The number of hydrogen-bond donors (Lipinski definition) is 0. The van der Waals surface area contributed by atoms with E-state index in [-0.39, 0.29) is 0 Å². The molecule has 11 rings (SSSR count). The Labute approximate surface area is 298 Å². The summed E-state index contributed by atoms with van der Waals surface area (Å²) in [7, 11) is 0. The van der Waals surface area contributed by atoms with Gasteiger partial charge in [0.15, 0.2) is 17.5 Å². The average molecular weight is 665 g/mol. The van der Waals surface area contributed by atoms with Gasteiger partial charge >= 0.3 is 0 Å². The van der Waals surface area contributed by atoms with Gasteiger partial charge in [0.1, 0.15) is 11.2 Å². The standard InChI is InChI=1S/C47H28N4O/c1-3-14-30(15-4-1)45-48-46(31-16-5-2-6-17-31)50-47(49-45)39-28-42-43(36-21-10-9-19-34(36)39)38-26-24-32(27-41(38)52-42)51-40-22-12-11-20-35(40)37-25-23-29-13-7-8-18-33(29)44(37)51/h1-28H. The Kier molecular flexibility index (Phi) is 6.18. The summed E-state index contributed by atoms with van der Waals surface area (Å²) in [6.45, 7) is 0. The van der Waals surface area contributed by atoms with Crippen LogP contribution in [0, 0.1) is 0 Å². The van der Waals surface area contributed by atoms with Gasteiger partial charge in [0, 0.05) is 55.4 Å². The topological polar surface area (TPSA) is 56.7 Å². The van der Waals surface area contributed by atoms with Crippen LogP contribution in [0.25, 0.3) is 105 Å². The smallest absolute Gasteiger partial charge is 0.164 e. The van der Waals surface area contributed by atoms with Crippen LogP contribution in [0.1, 0.15) is 0 Å². The summed E-state index contributed by atoms with van der Waals surface area (Å²) in [5.74, 6) is 1.85.